The lowest BCUT2D eigenvalue weighted by Crippen LogP contribution is -2.34. The van der Waals surface area contributed by atoms with Crippen LogP contribution in [0.25, 0.3) is 0 Å². The molecule has 0 bridgehead atoms. The van der Waals surface area contributed by atoms with E-state index in [0.717, 1.165) is 13.0 Å². The smallest absolute Gasteiger partial charge is 0.0580 e. The summed E-state index contributed by atoms with van der Waals surface area (Å²) in [7, 11) is 3.79. The van der Waals surface area contributed by atoms with E-state index in [1.54, 1.807) is 7.11 Å². The molecule has 1 N–H and O–H groups in total. The third-order valence-electron chi connectivity index (χ3n) is 3.24. The predicted molar refractivity (Wildman–Crippen MR) is 62.1 cm³/mol. The zero-order valence-electron chi connectivity index (χ0n) is 10.3. The van der Waals surface area contributed by atoms with Gasteiger partial charge in [0.2, 0.25) is 0 Å². The van der Waals surface area contributed by atoms with Crippen molar-refractivity contribution in [2.75, 3.05) is 20.8 Å². The summed E-state index contributed by atoms with van der Waals surface area (Å²) in [5.41, 5.74) is 0. The van der Waals surface area contributed by atoms with Crippen LogP contribution in [0.2, 0.25) is 0 Å². The molecule has 0 heterocycles. The van der Waals surface area contributed by atoms with E-state index < -0.39 is 0 Å². The van der Waals surface area contributed by atoms with Gasteiger partial charge in [-0.3, -0.25) is 0 Å². The monoisotopic (exact) mass is 215 g/mol. The Morgan fingerprint density at radius 2 is 1.93 bits per heavy atom. The highest BCUT2D eigenvalue weighted by atomic mass is 16.5. The highest BCUT2D eigenvalue weighted by molar-refractivity contribution is 4.76. The third kappa shape index (κ3) is 4.96. The van der Waals surface area contributed by atoms with Crippen LogP contribution in [0.1, 0.15) is 39.0 Å². The molecule has 0 aromatic heterocycles. The van der Waals surface area contributed by atoms with E-state index in [-0.39, 0.29) is 0 Å². The van der Waals surface area contributed by atoms with Crippen LogP contribution in [0.3, 0.4) is 0 Å². The van der Waals surface area contributed by atoms with E-state index in [1.807, 2.05) is 7.05 Å². The number of hydrogen-bond acceptors (Lipinski definition) is 3. The van der Waals surface area contributed by atoms with Crippen LogP contribution in [0.15, 0.2) is 0 Å². The van der Waals surface area contributed by atoms with Crippen molar-refractivity contribution in [2.45, 2.75) is 57.3 Å². The maximum Gasteiger partial charge on any atom is 0.0580 e. The Morgan fingerprint density at radius 1 is 1.27 bits per heavy atom. The minimum absolute atomic E-state index is 0.334. The Hall–Kier alpha value is -0.120. The molecule has 0 spiro atoms. The number of ether oxygens (including phenoxy) is 2. The molecule has 1 fully saturated rings. The van der Waals surface area contributed by atoms with Crippen LogP contribution < -0.4 is 5.32 Å². The van der Waals surface area contributed by atoms with Gasteiger partial charge < -0.3 is 14.8 Å². The molecule has 3 nitrogen and oxygen atoms in total. The van der Waals surface area contributed by atoms with Crippen molar-refractivity contribution < 1.29 is 9.47 Å². The Bertz CT molecular complexity index is 156. The largest absolute Gasteiger partial charge is 0.385 e. The minimum atomic E-state index is 0.334. The molecule has 1 unspecified atom stereocenters. The van der Waals surface area contributed by atoms with Crippen LogP contribution in [-0.2, 0) is 9.47 Å². The lowest BCUT2D eigenvalue weighted by atomic mass is 9.93. The molecule has 15 heavy (non-hydrogen) atoms. The lowest BCUT2D eigenvalue weighted by Gasteiger charge is -2.30. The zero-order chi connectivity index (χ0) is 11.1. The fourth-order valence-electron chi connectivity index (χ4n) is 2.17. The summed E-state index contributed by atoms with van der Waals surface area (Å²) >= 11 is 0. The maximum absolute atomic E-state index is 5.98. The van der Waals surface area contributed by atoms with Gasteiger partial charge in [0, 0.05) is 19.8 Å². The van der Waals surface area contributed by atoms with Crippen molar-refractivity contribution in [2.24, 2.45) is 0 Å². The second-order valence-electron chi connectivity index (χ2n) is 4.49. The zero-order valence-corrected chi connectivity index (χ0v) is 10.3. The third-order valence-corrected chi connectivity index (χ3v) is 3.24. The van der Waals surface area contributed by atoms with Crippen LogP contribution in [0, 0.1) is 0 Å². The number of nitrogens with one attached hydrogen (secondary N) is 1. The minimum Gasteiger partial charge on any atom is -0.385 e. The number of methoxy groups -OCH3 is 1. The first-order valence-electron chi connectivity index (χ1n) is 6.08. The van der Waals surface area contributed by atoms with E-state index in [1.165, 1.54) is 25.7 Å². The summed E-state index contributed by atoms with van der Waals surface area (Å²) in [6, 6.07) is 0.708. The van der Waals surface area contributed by atoms with Crippen molar-refractivity contribution in [3.8, 4) is 0 Å². The molecule has 1 rings (SSSR count). The quantitative estimate of drug-likeness (QED) is 0.734. The van der Waals surface area contributed by atoms with Crippen LogP contribution in [0.5, 0.6) is 0 Å². The van der Waals surface area contributed by atoms with E-state index in [4.69, 9.17) is 9.47 Å². The first kappa shape index (κ1) is 12.9. The molecule has 0 aliphatic heterocycles. The molecule has 0 aromatic rings. The maximum atomic E-state index is 5.98. The normalized spacial score (nSPS) is 29.0. The van der Waals surface area contributed by atoms with Crippen LogP contribution in [-0.4, -0.2) is 39.0 Å². The fourth-order valence-corrected chi connectivity index (χ4v) is 2.17. The molecule has 1 atom stereocenters. The molecule has 0 amide bonds. The second-order valence-corrected chi connectivity index (χ2v) is 4.49. The molecule has 90 valence electrons. The number of hydrogen-bond donors (Lipinski definition) is 1. The van der Waals surface area contributed by atoms with Gasteiger partial charge in [-0.15, -0.1) is 0 Å². The summed E-state index contributed by atoms with van der Waals surface area (Å²) in [5, 5.41) is 3.34. The van der Waals surface area contributed by atoms with Crippen molar-refractivity contribution >= 4 is 0 Å². The Balaban J connectivity index is 2.12. The van der Waals surface area contributed by atoms with Gasteiger partial charge in [0.1, 0.15) is 0 Å². The molecular weight excluding hydrogens is 190 g/mol. The van der Waals surface area contributed by atoms with Gasteiger partial charge in [-0.1, -0.05) is 0 Å². The molecule has 1 saturated carbocycles. The van der Waals surface area contributed by atoms with Crippen molar-refractivity contribution in [1.82, 2.24) is 5.32 Å². The van der Waals surface area contributed by atoms with Gasteiger partial charge in [0.25, 0.3) is 0 Å². The number of rotatable bonds is 6. The Labute approximate surface area is 93.5 Å². The van der Waals surface area contributed by atoms with Crippen molar-refractivity contribution in [1.29, 1.82) is 0 Å². The van der Waals surface area contributed by atoms with E-state index >= 15 is 0 Å². The highest BCUT2D eigenvalue weighted by Gasteiger charge is 2.21. The molecule has 1 aliphatic rings. The summed E-state index contributed by atoms with van der Waals surface area (Å²) in [6.45, 7) is 2.94. The first-order chi connectivity index (χ1) is 7.26. The molecule has 0 saturated heterocycles. The predicted octanol–water partition coefficient (Wildman–Crippen LogP) is 1.96. The average Bonchev–Trinajstić information content (AvgIpc) is 2.27. The van der Waals surface area contributed by atoms with Crippen LogP contribution in [0.4, 0.5) is 0 Å². The van der Waals surface area contributed by atoms with Gasteiger partial charge >= 0.3 is 0 Å². The fraction of sp³-hybridized carbons (Fsp3) is 1.00. The molecule has 3 heteroatoms. The van der Waals surface area contributed by atoms with Crippen molar-refractivity contribution in [3.05, 3.63) is 0 Å². The Kier molecular flexibility index (Phi) is 6.22. The van der Waals surface area contributed by atoms with Gasteiger partial charge in [-0.25, -0.2) is 0 Å². The molecule has 0 aromatic carbocycles. The van der Waals surface area contributed by atoms with E-state index in [2.05, 4.69) is 12.2 Å². The summed E-state index contributed by atoms with van der Waals surface area (Å²) < 4.78 is 11.0. The van der Waals surface area contributed by atoms with Gasteiger partial charge in [0.05, 0.1) is 12.2 Å². The topological polar surface area (TPSA) is 30.5 Å². The average molecular weight is 215 g/mol. The summed E-state index contributed by atoms with van der Waals surface area (Å²) in [6.07, 6.45) is 6.70. The van der Waals surface area contributed by atoms with Gasteiger partial charge in [-0.2, -0.15) is 0 Å². The molecular formula is C12H25NO2. The first-order valence-corrected chi connectivity index (χ1v) is 6.08. The standard InChI is InChI=1S/C12H25NO2/c1-10(8-9-14-3)15-12-6-4-11(13-2)5-7-12/h10-13H,4-9H2,1-3H3. The summed E-state index contributed by atoms with van der Waals surface area (Å²) in [5.74, 6) is 0. The Morgan fingerprint density at radius 3 is 2.47 bits per heavy atom. The van der Waals surface area contributed by atoms with E-state index in [0.29, 0.717) is 18.2 Å². The van der Waals surface area contributed by atoms with E-state index in [9.17, 15) is 0 Å². The molecule has 1 aliphatic carbocycles. The van der Waals surface area contributed by atoms with Gasteiger partial charge in [0.15, 0.2) is 0 Å². The summed E-state index contributed by atoms with van der Waals surface area (Å²) in [4.78, 5) is 0. The lowest BCUT2D eigenvalue weighted by molar-refractivity contribution is -0.0356. The SMILES string of the molecule is CNC1CCC(OC(C)CCOC)CC1. The van der Waals surface area contributed by atoms with Crippen LogP contribution >= 0.6 is 0 Å². The van der Waals surface area contributed by atoms with Gasteiger partial charge in [-0.05, 0) is 46.1 Å². The second kappa shape index (κ2) is 7.20. The van der Waals surface area contributed by atoms with Crippen molar-refractivity contribution in [3.63, 3.8) is 0 Å². The highest BCUT2D eigenvalue weighted by Crippen LogP contribution is 2.22. The molecule has 0 radical (unpaired) electrons.